The van der Waals surface area contributed by atoms with Gasteiger partial charge in [-0.25, -0.2) is 4.99 Å². The van der Waals surface area contributed by atoms with Crippen molar-refractivity contribution in [2.24, 2.45) is 16.8 Å². The first-order chi connectivity index (χ1) is 9.11. The summed E-state index contributed by atoms with van der Waals surface area (Å²) in [6.45, 7) is 10.7. The first-order valence-corrected chi connectivity index (χ1v) is 7.05. The van der Waals surface area contributed by atoms with Crippen molar-refractivity contribution < 1.29 is 4.52 Å². The van der Waals surface area contributed by atoms with Crippen LogP contribution >= 0.6 is 24.0 Å². The molecule has 114 valence electrons. The number of nitrogens with zero attached hydrogens (tertiary/aromatic N) is 2. The van der Waals surface area contributed by atoms with E-state index in [4.69, 9.17) is 4.52 Å². The highest BCUT2D eigenvalue weighted by molar-refractivity contribution is 14.0. The molecule has 2 atom stereocenters. The molecule has 1 aromatic rings. The third-order valence-electron chi connectivity index (χ3n) is 3.73. The predicted molar refractivity (Wildman–Crippen MR) is 91.5 cm³/mol. The quantitative estimate of drug-likeness (QED) is 0.460. The molecule has 0 aromatic carbocycles. The van der Waals surface area contributed by atoms with E-state index in [1.165, 1.54) is 6.42 Å². The fourth-order valence-corrected chi connectivity index (χ4v) is 2.14. The van der Waals surface area contributed by atoms with E-state index in [1.807, 2.05) is 13.8 Å². The number of guanidine groups is 1. The Morgan fingerprint density at radius 1 is 1.40 bits per heavy atom. The molecule has 20 heavy (non-hydrogen) atoms. The number of aliphatic imine (C=N–C) groups is 1. The van der Waals surface area contributed by atoms with Crippen molar-refractivity contribution in [1.82, 2.24) is 15.8 Å². The second kappa shape index (κ2) is 7.85. The van der Waals surface area contributed by atoms with Crippen LogP contribution in [0.1, 0.15) is 37.3 Å². The Kier molecular flexibility index (Phi) is 6.78. The summed E-state index contributed by atoms with van der Waals surface area (Å²) in [4.78, 5) is 4.60. The summed E-state index contributed by atoms with van der Waals surface area (Å²) >= 11 is 0. The topological polar surface area (TPSA) is 62.5 Å². The van der Waals surface area contributed by atoms with Crippen LogP contribution in [0.25, 0.3) is 0 Å². The maximum Gasteiger partial charge on any atom is 0.191 e. The maximum atomic E-state index is 5.15. The van der Waals surface area contributed by atoms with Crippen molar-refractivity contribution >= 4 is 29.9 Å². The molecule has 0 spiro atoms. The smallest absolute Gasteiger partial charge is 0.191 e. The van der Waals surface area contributed by atoms with Crippen LogP contribution in [-0.2, 0) is 6.54 Å². The Morgan fingerprint density at radius 2 is 2.10 bits per heavy atom. The second-order valence-electron chi connectivity index (χ2n) is 5.35. The minimum Gasteiger partial charge on any atom is -0.361 e. The van der Waals surface area contributed by atoms with Crippen molar-refractivity contribution in [2.75, 3.05) is 13.1 Å². The van der Waals surface area contributed by atoms with Crippen LogP contribution in [0.15, 0.2) is 9.52 Å². The molecule has 1 aliphatic rings. The van der Waals surface area contributed by atoms with Gasteiger partial charge in [-0.3, -0.25) is 0 Å². The van der Waals surface area contributed by atoms with Crippen molar-refractivity contribution in [3.63, 3.8) is 0 Å². The summed E-state index contributed by atoms with van der Waals surface area (Å²) in [5, 5.41) is 10.6. The van der Waals surface area contributed by atoms with Gasteiger partial charge in [-0.2, -0.15) is 0 Å². The standard InChI is InChI=1S/C14H24N4O.HI/c1-5-15-14(16-7-12-6-9(12)2)17-8-13-10(3)18-19-11(13)4;/h9,12H,5-8H2,1-4H3,(H2,15,16,17);1H. The van der Waals surface area contributed by atoms with Gasteiger partial charge in [0.05, 0.1) is 12.2 Å². The van der Waals surface area contributed by atoms with Crippen molar-refractivity contribution in [1.29, 1.82) is 0 Å². The third-order valence-corrected chi connectivity index (χ3v) is 3.73. The highest BCUT2D eigenvalue weighted by Gasteiger charge is 2.32. The van der Waals surface area contributed by atoms with Gasteiger partial charge in [0.25, 0.3) is 0 Å². The Hall–Kier alpha value is -0.790. The molecule has 0 aliphatic heterocycles. The zero-order chi connectivity index (χ0) is 13.8. The van der Waals surface area contributed by atoms with Crippen molar-refractivity contribution in [3.8, 4) is 0 Å². The summed E-state index contributed by atoms with van der Waals surface area (Å²) in [6.07, 6.45) is 1.33. The molecule has 0 bridgehead atoms. The van der Waals surface area contributed by atoms with E-state index in [9.17, 15) is 0 Å². The highest BCUT2D eigenvalue weighted by atomic mass is 127. The molecule has 6 heteroatoms. The van der Waals surface area contributed by atoms with Crippen molar-refractivity contribution in [3.05, 3.63) is 17.0 Å². The lowest BCUT2D eigenvalue weighted by atomic mass is 10.2. The van der Waals surface area contributed by atoms with Gasteiger partial charge in [-0.05, 0) is 39.0 Å². The average molecular weight is 392 g/mol. The van der Waals surface area contributed by atoms with Gasteiger partial charge < -0.3 is 15.2 Å². The Morgan fingerprint density at radius 3 is 2.60 bits per heavy atom. The van der Waals surface area contributed by atoms with Gasteiger partial charge in [0.1, 0.15) is 5.76 Å². The summed E-state index contributed by atoms with van der Waals surface area (Å²) < 4.78 is 5.15. The second-order valence-corrected chi connectivity index (χ2v) is 5.35. The molecule has 1 heterocycles. The minimum absolute atomic E-state index is 0. The van der Waals surface area contributed by atoms with Gasteiger partial charge >= 0.3 is 0 Å². The Bertz CT molecular complexity index is 439. The molecule has 2 rings (SSSR count). The Labute approximate surface area is 138 Å². The number of aromatic nitrogens is 1. The monoisotopic (exact) mass is 392 g/mol. The summed E-state index contributed by atoms with van der Waals surface area (Å²) in [5.74, 6) is 3.40. The van der Waals surface area contributed by atoms with Gasteiger partial charge in [0, 0.05) is 18.7 Å². The van der Waals surface area contributed by atoms with E-state index in [1.54, 1.807) is 0 Å². The molecule has 1 aromatic heterocycles. The maximum absolute atomic E-state index is 5.15. The lowest BCUT2D eigenvalue weighted by Gasteiger charge is -2.10. The summed E-state index contributed by atoms with van der Waals surface area (Å²) in [7, 11) is 0. The number of halogens is 1. The molecule has 0 saturated heterocycles. The van der Waals surface area contributed by atoms with Crippen LogP contribution in [0.3, 0.4) is 0 Å². The SMILES string of the molecule is CCNC(=NCc1c(C)noc1C)NCC1CC1C.I. The summed E-state index contributed by atoms with van der Waals surface area (Å²) in [5.41, 5.74) is 2.00. The number of aryl methyl sites for hydroxylation is 2. The fourth-order valence-electron chi connectivity index (χ4n) is 2.14. The molecule has 1 saturated carbocycles. The largest absolute Gasteiger partial charge is 0.361 e. The highest BCUT2D eigenvalue weighted by Crippen LogP contribution is 2.36. The van der Waals surface area contributed by atoms with E-state index in [0.717, 1.165) is 47.9 Å². The molecular formula is C14H25IN4O. The normalized spacial score (nSPS) is 21.3. The van der Waals surface area contributed by atoms with Crippen LogP contribution in [0.2, 0.25) is 0 Å². The van der Waals surface area contributed by atoms with E-state index in [-0.39, 0.29) is 24.0 Å². The minimum atomic E-state index is 0. The molecule has 0 amide bonds. The van der Waals surface area contributed by atoms with Gasteiger partial charge in [-0.1, -0.05) is 12.1 Å². The van der Waals surface area contributed by atoms with Gasteiger partial charge in [-0.15, -0.1) is 24.0 Å². The molecule has 2 unspecified atom stereocenters. The first-order valence-electron chi connectivity index (χ1n) is 7.05. The van der Waals surface area contributed by atoms with E-state index < -0.39 is 0 Å². The third kappa shape index (κ3) is 4.64. The van der Waals surface area contributed by atoms with Crippen LogP contribution in [0.4, 0.5) is 0 Å². The van der Waals surface area contributed by atoms with Crippen LogP contribution in [0.5, 0.6) is 0 Å². The van der Waals surface area contributed by atoms with E-state index in [2.05, 4.69) is 34.6 Å². The van der Waals surface area contributed by atoms with Crippen molar-refractivity contribution in [2.45, 2.75) is 40.7 Å². The fraction of sp³-hybridized carbons (Fsp3) is 0.714. The number of hydrogen-bond acceptors (Lipinski definition) is 3. The molecular weight excluding hydrogens is 367 g/mol. The Balaban J connectivity index is 0.00000200. The summed E-state index contributed by atoms with van der Waals surface area (Å²) in [6, 6.07) is 0. The van der Waals surface area contributed by atoms with E-state index >= 15 is 0 Å². The lowest BCUT2D eigenvalue weighted by Crippen LogP contribution is -2.38. The number of nitrogens with one attached hydrogen (secondary N) is 2. The molecule has 5 nitrogen and oxygen atoms in total. The van der Waals surface area contributed by atoms with Gasteiger partial charge in [0.2, 0.25) is 0 Å². The average Bonchev–Trinajstić information content (AvgIpc) is 3.00. The van der Waals surface area contributed by atoms with Crippen LogP contribution in [0, 0.1) is 25.7 Å². The first kappa shape index (κ1) is 17.3. The molecule has 2 N–H and O–H groups in total. The van der Waals surface area contributed by atoms with Crippen LogP contribution < -0.4 is 10.6 Å². The van der Waals surface area contributed by atoms with Crippen LogP contribution in [-0.4, -0.2) is 24.2 Å². The zero-order valence-electron chi connectivity index (χ0n) is 12.7. The molecule has 0 radical (unpaired) electrons. The molecule has 1 aliphatic carbocycles. The van der Waals surface area contributed by atoms with E-state index in [0.29, 0.717) is 6.54 Å². The van der Waals surface area contributed by atoms with Gasteiger partial charge in [0.15, 0.2) is 5.96 Å². The number of hydrogen-bond donors (Lipinski definition) is 2. The number of rotatable bonds is 5. The molecule has 1 fully saturated rings. The zero-order valence-corrected chi connectivity index (χ0v) is 15.0. The predicted octanol–water partition coefficient (Wildman–Crippen LogP) is 2.62. The lowest BCUT2D eigenvalue weighted by molar-refractivity contribution is 0.392.